The molecule has 8 heteroatoms. The number of hydrogen-bond donors (Lipinski definition) is 2. The summed E-state index contributed by atoms with van der Waals surface area (Å²) in [6.07, 6.45) is 1.46. The topological polar surface area (TPSA) is 97.1 Å². The van der Waals surface area contributed by atoms with Gasteiger partial charge in [0.2, 0.25) is 0 Å². The molecular weight excluding hydrogens is 296 g/mol. The van der Waals surface area contributed by atoms with Gasteiger partial charge < -0.3 is 10.4 Å². The second kappa shape index (κ2) is 6.36. The first-order valence-electron chi connectivity index (χ1n) is 6.11. The first-order valence-corrected chi connectivity index (χ1v) is 6.48. The lowest BCUT2D eigenvalue weighted by Gasteiger charge is -2.05. The normalized spacial score (nSPS) is 10.4. The lowest BCUT2D eigenvalue weighted by atomic mass is 10.1. The molecule has 0 fully saturated rings. The summed E-state index contributed by atoms with van der Waals surface area (Å²) < 4.78 is 1.18. The number of aromatic nitrogens is 3. The molecule has 0 spiro atoms. The number of nitrogens with zero attached hydrogens (tertiary/aromatic N) is 3. The summed E-state index contributed by atoms with van der Waals surface area (Å²) in [6.45, 7) is 1.75. The average Bonchev–Trinajstić information content (AvgIpc) is 2.82. The minimum absolute atomic E-state index is 0.142. The molecule has 110 valence electrons. The molecule has 0 unspecified atom stereocenters. The van der Waals surface area contributed by atoms with Gasteiger partial charge in [-0.15, -0.1) is 5.10 Å². The standard InChI is InChI=1S/C13H13ClN4O3/c1-8-2-3-10(11(14)4-8)13(21)15-5-9-6-18(17-16-9)7-12(19)20/h2-4,6H,5,7H2,1H3,(H,15,21)(H,19,20). The highest BCUT2D eigenvalue weighted by molar-refractivity contribution is 6.33. The van der Waals surface area contributed by atoms with Crippen molar-refractivity contribution in [2.24, 2.45) is 0 Å². The number of carbonyl (C=O) groups is 2. The van der Waals surface area contributed by atoms with Crippen molar-refractivity contribution < 1.29 is 14.7 Å². The number of aryl methyl sites for hydroxylation is 1. The second-order valence-electron chi connectivity index (χ2n) is 4.47. The zero-order valence-corrected chi connectivity index (χ0v) is 12.0. The van der Waals surface area contributed by atoms with E-state index in [0.29, 0.717) is 16.3 Å². The summed E-state index contributed by atoms with van der Waals surface area (Å²) in [7, 11) is 0. The summed E-state index contributed by atoms with van der Waals surface area (Å²) in [5.74, 6) is -1.34. The molecule has 1 aromatic heterocycles. The van der Waals surface area contributed by atoms with E-state index in [1.165, 1.54) is 10.9 Å². The van der Waals surface area contributed by atoms with Gasteiger partial charge in [-0.1, -0.05) is 22.9 Å². The zero-order chi connectivity index (χ0) is 15.4. The van der Waals surface area contributed by atoms with Gasteiger partial charge >= 0.3 is 5.97 Å². The number of carbonyl (C=O) groups excluding carboxylic acids is 1. The Morgan fingerprint density at radius 2 is 2.19 bits per heavy atom. The van der Waals surface area contributed by atoms with E-state index in [0.717, 1.165) is 5.56 Å². The number of amides is 1. The predicted molar refractivity (Wildman–Crippen MR) is 75.0 cm³/mol. The molecular formula is C13H13ClN4O3. The van der Waals surface area contributed by atoms with Gasteiger partial charge in [-0.05, 0) is 24.6 Å². The van der Waals surface area contributed by atoms with Crippen LogP contribution in [0.2, 0.25) is 5.02 Å². The van der Waals surface area contributed by atoms with E-state index in [4.69, 9.17) is 16.7 Å². The van der Waals surface area contributed by atoms with Crippen LogP contribution in [-0.2, 0) is 17.9 Å². The highest BCUT2D eigenvalue weighted by atomic mass is 35.5. The Balaban J connectivity index is 1.97. The lowest BCUT2D eigenvalue weighted by Crippen LogP contribution is -2.23. The fraction of sp³-hybridized carbons (Fsp3) is 0.231. The molecule has 1 aromatic carbocycles. The van der Waals surface area contributed by atoms with Crippen LogP contribution in [0.5, 0.6) is 0 Å². The van der Waals surface area contributed by atoms with Crippen LogP contribution >= 0.6 is 11.6 Å². The van der Waals surface area contributed by atoms with Gasteiger partial charge in [0, 0.05) is 0 Å². The Hall–Kier alpha value is -2.41. The number of benzene rings is 1. The average molecular weight is 309 g/mol. The maximum absolute atomic E-state index is 12.0. The fourth-order valence-electron chi connectivity index (χ4n) is 1.71. The Morgan fingerprint density at radius 1 is 1.43 bits per heavy atom. The molecule has 2 rings (SSSR count). The molecule has 0 aliphatic carbocycles. The molecule has 21 heavy (non-hydrogen) atoms. The maximum Gasteiger partial charge on any atom is 0.325 e. The van der Waals surface area contributed by atoms with Crippen molar-refractivity contribution in [3.05, 3.63) is 46.2 Å². The third kappa shape index (κ3) is 4.03. The van der Waals surface area contributed by atoms with Crippen LogP contribution < -0.4 is 5.32 Å². The number of halogens is 1. The zero-order valence-electron chi connectivity index (χ0n) is 11.2. The molecule has 0 saturated carbocycles. The van der Waals surface area contributed by atoms with Gasteiger partial charge in [0.05, 0.1) is 23.3 Å². The number of hydrogen-bond acceptors (Lipinski definition) is 4. The minimum Gasteiger partial charge on any atom is -0.480 e. The van der Waals surface area contributed by atoms with Crippen LogP contribution in [0.1, 0.15) is 21.6 Å². The van der Waals surface area contributed by atoms with Gasteiger partial charge in [0.25, 0.3) is 5.91 Å². The van der Waals surface area contributed by atoms with Crippen LogP contribution in [0.4, 0.5) is 0 Å². The first kappa shape index (κ1) is 15.0. The van der Waals surface area contributed by atoms with Gasteiger partial charge in [-0.25, -0.2) is 4.68 Å². The Labute approximate surface area is 125 Å². The first-order chi connectivity index (χ1) is 9.95. The molecule has 1 heterocycles. The number of nitrogens with one attached hydrogen (secondary N) is 1. The SMILES string of the molecule is Cc1ccc(C(=O)NCc2cn(CC(=O)O)nn2)c(Cl)c1. The molecule has 0 saturated heterocycles. The van der Waals surface area contributed by atoms with Crippen LogP contribution in [0.25, 0.3) is 0 Å². The number of aliphatic carboxylic acids is 1. The highest BCUT2D eigenvalue weighted by Gasteiger charge is 2.11. The molecule has 0 aliphatic rings. The summed E-state index contributed by atoms with van der Waals surface area (Å²) in [5, 5.41) is 19.1. The number of carboxylic acid groups (broad SMARTS) is 1. The Morgan fingerprint density at radius 3 is 2.86 bits per heavy atom. The Bertz CT molecular complexity index is 684. The molecule has 0 atom stereocenters. The molecule has 0 bridgehead atoms. The van der Waals surface area contributed by atoms with Gasteiger partial charge in [0.1, 0.15) is 12.2 Å². The van der Waals surface area contributed by atoms with Crippen molar-refractivity contribution in [2.75, 3.05) is 0 Å². The van der Waals surface area contributed by atoms with Crippen molar-refractivity contribution in [2.45, 2.75) is 20.0 Å². The number of carboxylic acids is 1. The van der Waals surface area contributed by atoms with E-state index in [2.05, 4.69) is 15.6 Å². The molecule has 1 amide bonds. The van der Waals surface area contributed by atoms with Crippen molar-refractivity contribution in [3.8, 4) is 0 Å². The number of rotatable bonds is 5. The summed E-state index contributed by atoms with van der Waals surface area (Å²) in [6, 6.07) is 5.15. The maximum atomic E-state index is 12.0. The predicted octanol–water partition coefficient (Wildman–Crippen LogP) is 1.25. The van der Waals surface area contributed by atoms with Gasteiger partial charge in [-0.3, -0.25) is 9.59 Å². The van der Waals surface area contributed by atoms with Crippen LogP contribution in [-0.4, -0.2) is 32.0 Å². The van der Waals surface area contributed by atoms with Crippen molar-refractivity contribution >= 4 is 23.5 Å². The fourth-order valence-corrected chi connectivity index (χ4v) is 2.03. The van der Waals surface area contributed by atoms with E-state index < -0.39 is 5.97 Å². The lowest BCUT2D eigenvalue weighted by molar-refractivity contribution is -0.137. The van der Waals surface area contributed by atoms with Crippen molar-refractivity contribution in [3.63, 3.8) is 0 Å². The monoisotopic (exact) mass is 308 g/mol. The second-order valence-corrected chi connectivity index (χ2v) is 4.87. The van der Waals surface area contributed by atoms with Crippen molar-refractivity contribution in [1.82, 2.24) is 20.3 Å². The highest BCUT2D eigenvalue weighted by Crippen LogP contribution is 2.17. The van der Waals surface area contributed by atoms with E-state index >= 15 is 0 Å². The summed E-state index contributed by atoms with van der Waals surface area (Å²) >= 11 is 6.01. The van der Waals surface area contributed by atoms with Crippen LogP contribution in [0.3, 0.4) is 0 Å². The third-order valence-electron chi connectivity index (χ3n) is 2.68. The van der Waals surface area contributed by atoms with Crippen molar-refractivity contribution in [1.29, 1.82) is 0 Å². The van der Waals surface area contributed by atoms with Crippen LogP contribution in [0.15, 0.2) is 24.4 Å². The van der Waals surface area contributed by atoms with E-state index in [9.17, 15) is 9.59 Å². The van der Waals surface area contributed by atoms with Gasteiger partial charge in [0.15, 0.2) is 0 Å². The molecule has 0 radical (unpaired) electrons. The van der Waals surface area contributed by atoms with E-state index in [1.54, 1.807) is 18.2 Å². The van der Waals surface area contributed by atoms with E-state index in [-0.39, 0.29) is 19.0 Å². The van der Waals surface area contributed by atoms with Crippen LogP contribution in [0, 0.1) is 6.92 Å². The van der Waals surface area contributed by atoms with Gasteiger partial charge in [-0.2, -0.15) is 0 Å². The molecule has 2 aromatic rings. The summed E-state index contributed by atoms with van der Waals surface area (Å²) in [4.78, 5) is 22.5. The smallest absolute Gasteiger partial charge is 0.325 e. The molecule has 2 N–H and O–H groups in total. The Kier molecular flexibility index (Phi) is 4.54. The largest absolute Gasteiger partial charge is 0.480 e. The molecule has 0 aliphatic heterocycles. The minimum atomic E-state index is -1.01. The van der Waals surface area contributed by atoms with E-state index in [1.807, 2.05) is 6.92 Å². The molecule has 7 nitrogen and oxygen atoms in total. The quantitative estimate of drug-likeness (QED) is 0.866. The summed E-state index contributed by atoms with van der Waals surface area (Å²) in [5.41, 5.74) is 1.81. The third-order valence-corrected chi connectivity index (χ3v) is 3.00.